The number of hydrogen-bond acceptors (Lipinski definition) is 5. The number of fused-ring (bicyclic) bond motifs is 1. The minimum atomic E-state index is -0.885. The fraction of sp³-hybridized carbons (Fsp3) is 0.300. The van der Waals surface area contributed by atoms with E-state index in [9.17, 15) is 19.7 Å². The van der Waals surface area contributed by atoms with Crippen LogP contribution in [0.1, 0.15) is 45.9 Å². The molecule has 0 spiro atoms. The monoisotopic (exact) mass is 368 g/mol. The van der Waals surface area contributed by atoms with Crippen LogP contribution in [0.5, 0.6) is 0 Å². The summed E-state index contributed by atoms with van der Waals surface area (Å²) in [5.41, 5.74) is 2.19. The first-order valence-corrected chi connectivity index (χ1v) is 8.75. The zero-order valence-electron chi connectivity index (χ0n) is 14.9. The summed E-state index contributed by atoms with van der Waals surface area (Å²) in [7, 11) is 0. The molecule has 0 aromatic heterocycles. The van der Waals surface area contributed by atoms with Gasteiger partial charge in [-0.05, 0) is 43.4 Å². The highest BCUT2D eigenvalue weighted by molar-refractivity contribution is 5.95. The molecule has 1 aliphatic rings. The van der Waals surface area contributed by atoms with Gasteiger partial charge in [0.05, 0.1) is 11.0 Å². The molecule has 140 valence electrons. The van der Waals surface area contributed by atoms with E-state index >= 15 is 0 Å². The Hall–Kier alpha value is -3.22. The Bertz CT molecular complexity index is 894. The molecular weight excluding hydrogens is 348 g/mol. The van der Waals surface area contributed by atoms with Crippen LogP contribution in [0.4, 0.5) is 5.69 Å². The summed E-state index contributed by atoms with van der Waals surface area (Å²) in [5, 5.41) is 14.1. The maximum absolute atomic E-state index is 12.2. The average molecular weight is 368 g/mol. The lowest BCUT2D eigenvalue weighted by Crippen LogP contribution is -2.34. The first-order valence-electron chi connectivity index (χ1n) is 8.75. The minimum Gasteiger partial charge on any atom is -0.452 e. The van der Waals surface area contributed by atoms with Crippen LogP contribution < -0.4 is 5.32 Å². The number of amides is 1. The van der Waals surface area contributed by atoms with Gasteiger partial charge in [0.25, 0.3) is 11.6 Å². The number of nitrogens with zero attached hydrogens (tertiary/aromatic N) is 1. The van der Waals surface area contributed by atoms with Crippen LogP contribution in [0.25, 0.3) is 0 Å². The zero-order valence-corrected chi connectivity index (χ0v) is 14.9. The van der Waals surface area contributed by atoms with Gasteiger partial charge in [-0.3, -0.25) is 14.9 Å². The second-order valence-corrected chi connectivity index (χ2v) is 6.52. The summed E-state index contributed by atoms with van der Waals surface area (Å²) in [6.07, 6.45) is 2.77. The predicted molar refractivity (Wildman–Crippen MR) is 98.4 cm³/mol. The molecule has 0 radical (unpaired) electrons. The highest BCUT2D eigenvalue weighted by Gasteiger charge is 2.25. The van der Waals surface area contributed by atoms with E-state index in [0.717, 1.165) is 24.8 Å². The molecule has 0 saturated carbocycles. The number of nitro benzene ring substituents is 1. The summed E-state index contributed by atoms with van der Waals surface area (Å²) in [6.45, 7) is 1.06. The molecule has 3 rings (SSSR count). The Balaban J connectivity index is 1.63. The molecule has 1 N–H and O–H groups in total. The van der Waals surface area contributed by atoms with Crippen molar-refractivity contribution in [1.29, 1.82) is 0 Å². The summed E-state index contributed by atoms with van der Waals surface area (Å²) >= 11 is 0. The molecule has 27 heavy (non-hydrogen) atoms. The number of nitro groups is 1. The molecule has 1 amide bonds. The van der Waals surface area contributed by atoms with E-state index in [-0.39, 0.29) is 17.3 Å². The van der Waals surface area contributed by atoms with E-state index in [4.69, 9.17) is 4.74 Å². The number of nitrogens with one attached hydrogen (secondary N) is 1. The van der Waals surface area contributed by atoms with E-state index in [0.29, 0.717) is 5.56 Å². The third kappa shape index (κ3) is 4.13. The molecule has 2 aromatic carbocycles. The smallest absolute Gasteiger partial charge is 0.345 e. The van der Waals surface area contributed by atoms with Crippen molar-refractivity contribution in [1.82, 2.24) is 5.32 Å². The molecule has 0 bridgehead atoms. The molecule has 0 aliphatic heterocycles. The van der Waals surface area contributed by atoms with Crippen LogP contribution >= 0.6 is 0 Å². The maximum atomic E-state index is 12.2. The Morgan fingerprint density at radius 2 is 2.00 bits per heavy atom. The van der Waals surface area contributed by atoms with Gasteiger partial charge in [0, 0.05) is 5.56 Å². The van der Waals surface area contributed by atoms with Gasteiger partial charge in [-0.1, -0.05) is 36.4 Å². The fourth-order valence-corrected chi connectivity index (χ4v) is 3.41. The van der Waals surface area contributed by atoms with Crippen LogP contribution in [0, 0.1) is 17.0 Å². The zero-order chi connectivity index (χ0) is 19.4. The van der Waals surface area contributed by atoms with Crippen LogP contribution in [0.2, 0.25) is 0 Å². The summed E-state index contributed by atoms with van der Waals surface area (Å²) in [4.78, 5) is 35.0. The largest absolute Gasteiger partial charge is 0.452 e. The molecular formula is C20H20N2O5. The van der Waals surface area contributed by atoms with E-state index in [1.165, 1.54) is 17.7 Å². The van der Waals surface area contributed by atoms with E-state index < -0.39 is 23.4 Å². The number of hydrogen-bond donors (Lipinski definition) is 1. The molecule has 0 saturated heterocycles. The molecule has 0 fully saturated rings. The van der Waals surface area contributed by atoms with Crippen molar-refractivity contribution in [2.24, 2.45) is 0 Å². The minimum absolute atomic E-state index is 0.116. The highest BCUT2D eigenvalue weighted by atomic mass is 16.6. The van der Waals surface area contributed by atoms with Gasteiger partial charge in [-0.25, -0.2) is 4.79 Å². The van der Waals surface area contributed by atoms with Gasteiger partial charge < -0.3 is 10.1 Å². The number of carbonyl (C=O) groups excluding carboxylic acids is 2. The summed E-state index contributed by atoms with van der Waals surface area (Å²) in [6, 6.07) is 12.2. The van der Waals surface area contributed by atoms with Gasteiger partial charge in [-0.2, -0.15) is 0 Å². The van der Waals surface area contributed by atoms with Crippen molar-refractivity contribution in [3.05, 3.63) is 74.8 Å². The van der Waals surface area contributed by atoms with Crippen molar-refractivity contribution < 1.29 is 19.2 Å². The van der Waals surface area contributed by atoms with Crippen molar-refractivity contribution in [3.63, 3.8) is 0 Å². The standard InChI is InChI=1S/C20H20N2O5/c1-13-6-4-10-16(19(13)22(25)26)20(24)27-12-18(23)21-17-11-5-8-14-7-2-3-9-15(14)17/h2-4,6-7,9-10,17H,5,8,11-12H2,1H3,(H,21,23)/t17-/m1/s1. The molecule has 7 heteroatoms. The third-order valence-corrected chi connectivity index (χ3v) is 4.68. The van der Waals surface area contributed by atoms with Gasteiger partial charge in [0.15, 0.2) is 6.61 Å². The number of carbonyl (C=O) groups is 2. The second-order valence-electron chi connectivity index (χ2n) is 6.52. The van der Waals surface area contributed by atoms with E-state index in [1.54, 1.807) is 13.0 Å². The summed E-state index contributed by atoms with van der Waals surface area (Å²) < 4.78 is 5.01. The lowest BCUT2D eigenvalue weighted by molar-refractivity contribution is -0.385. The number of para-hydroxylation sites is 1. The van der Waals surface area contributed by atoms with E-state index in [1.807, 2.05) is 24.3 Å². The molecule has 2 aromatic rings. The number of benzene rings is 2. The van der Waals surface area contributed by atoms with Crippen LogP contribution in [0.3, 0.4) is 0 Å². The third-order valence-electron chi connectivity index (χ3n) is 4.68. The van der Waals surface area contributed by atoms with Crippen LogP contribution in [-0.2, 0) is 16.0 Å². The number of ether oxygens (including phenoxy) is 1. The van der Waals surface area contributed by atoms with Crippen molar-refractivity contribution in [2.75, 3.05) is 6.61 Å². The fourth-order valence-electron chi connectivity index (χ4n) is 3.41. The Morgan fingerprint density at radius 3 is 2.78 bits per heavy atom. The second kappa shape index (κ2) is 7.99. The van der Waals surface area contributed by atoms with Crippen molar-refractivity contribution >= 4 is 17.6 Å². The molecule has 7 nitrogen and oxygen atoms in total. The number of aryl methyl sites for hydroxylation is 2. The Morgan fingerprint density at radius 1 is 1.22 bits per heavy atom. The van der Waals surface area contributed by atoms with Crippen LogP contribution in [-0.4, -0.2) is 23.4 Å². The van der Waals surface area contributed by atoms with Crippen molar-refractivity contribution in [2.45, 2.75) is 32.2 Å². The predicted octanol–water partition coefficient (Wildman–Crippen LogP) is 3.25. The first kappa shape index (κ1) is 18.6. The Kier molecular flexibility index (Phi) is 5.49. The van der Waals surface area contributed by atoms with E-state index in [2.05, 4.69) is 5.32 Å². The quantitative estimate of drug-likeness (QED) is 0.496. The van der Waals surface area contributed by atoms with Gasteiger partial charge >= 0.3 is 5.97 Å². The van der Waals surface area contributed by atoms with Crippen LogP contribution in [0.15, 0.2) is 42.5 Å². The lowest BCUT2D eigenvalue weighted by Gasteiger charge is -2.26. The SMILES string of the molecule is Cc1cccc(C(=O)OCC(=O)N[C@@H]2CCCc3ccccc32)c1[N+](=O)[O-]. The average Bonchev–Trinajstić information content (AvgIpc) is 2.66. The van der Waals surface area contributed by atoms with Gasteiger partial charge in [-0.15, -0.1) is 0 Å². The molecule has 0 unspecified atom stereocenters. The van der Waals surface area contributed by atoms with Crippen molar-refractivity contribution in [3.8, 4) is 0 Å². The molecule has 0 heterocycles. The van der Waals surface area contributed by atoms with Gasteiger partial charge in [0.1, 0.15) is 5.56 Å². The van der Waals surface area contributed by atoms with Gasteiger partial charge in [0.2, 0.25) is 0 Å². The number of esters is 1. The molecule has 1 atom stereocenters. The molecule has 1 aliphatic carbocycles. The lowest BCUT2D eigenvalue weighted by atomic mass is 9.88. The topological polar surface area (TPSA) is 98.5 Å². The normalized spacial score (nSPS) is 15.5. The highest BCUT2D eigenvalue weighted by Crippen LogP contribution is 2.29. The number of rotatable bonds is 5. The maximum Gasteiger partial charge on any atom is 0.345 e. The first-order chi connectivity index (χ1) is 13.0. The summed E-state index contributed by atoms with van der Waals surface area (Å²) in [5.74, 6) is -1.31. The Labute approximate surface area is 156 Å².